The van der Waals surface area contributed by atoms with Gasteiger partial charge in [-0.05, 0) is 23.1 Å². The Balaban J connectivity index is 2.35. The van der Waals surface area contributed by atoms with E-state index in [0.29, 0.717) is 5.39 Å². The smallest absolute Gasteiger partial charge is 0.131 e. The summed E-state index contributed by atoms with van der Waals surface area (Å²) in [6.45, 7) is 0. The Morgan fingerprint density at radius 2 is 1.65 bits per heavy atom. The summed E-state index contributed by atoms with van der Waals surface area (Å²) in [5, 5.41) is 1.56. The highest BCUT2D eigenvalue weighted by molar-refractivity contribution is 5.96. The van der Waals surface area contributed by atoms with Gasteiger partial charge in [-0.3, -0.25) is 4.98 Å². The average molecular weight is 223 g/mol. The van der Waals surface area contributed by atoms with Crippen molar-refractivity contribution in [3.05, 3.63) is 66.7 Å². The van der Waals surface area contributed by atoms with E-state index in [1.54, 1.807) is 24.5 Å². The van der Waals surface area contributed by atoms with Gasteiger partial charge >= 0.3 is 0 Å². The molecule has 0 aliphatic heterocycles. The SMILES string of the molecule is Fc1cccc2c(-c3cccnc3)cccc12. The summed E-state index contributed by atoms with van der Waals surface area (Å²) in [5.41, 5.74) is 2.01. The zero-order valence-electron chi connectivity index (χ0n) is 9.10. The molecule has 17 heavy (non-hydrogen) atoms. The monoisotopic (exact) mass is 223 g/mol. The van der Waals surface area contributed by atoms with Crippen LogP contribution in [0.1, 0.15) is 0 Å². The molecule has 0 saturated heterocycles. The predicted molar refractivity (Wildman–Crippen MR) is 67.1 cm³/mol. The maximum absolute atomic E-state index is 13.7. The molecule has 1 heterocycles. The van der Waals surface area contributed by atoms with Crippen LogP contribution < -0.4 is 0 Å². The van der Waals surface area contributed by atoms with E-state index in [-0.39, 0.29) is 5.82 Å². The second-order valence-corrected chi connectivity index (χ2v) is 3.88. The van der Waals surface area contributed by atoms with Crippen molar-refractivity contribution in [3.63, 3.8) is 0 Å². The fourth-order valence-corrected chi connectivity index (χ4v) is 2.05. The van der Waals surface area contributed by atoms with E-state index in [9.17, 15) is 4.39 Å². The van der Waals surface area contributed by atoms with Crippen molar-refractivity contribution in [3.8, 4) is 11.1 Å². The predicted octanol–water partition coefficient (Wildman–Crippen LogP) is 4.04. The first kappa shape index (κ1) is 9.97. The quantitative estimate of drug-likeness (QED) is 0.606. The molecule has 0 atom stereocenters. The molecule has 0 aliphatic rings. The number of hydrogen-bond acceptors (Lipinski definition) is 1. The third kappa shape index (κ3) is 1.68. The minimum atomic E-state index is -0.187. The van der Waals surface area contributed by atoms with Crippen molar-refractivity contribution < 1.29 is 4.39 Å². The average Bonchev–Trinajstić information content (AvgIpc) is 2.40. The van der Waals surface area contributed by atoms with Gasteiger partial charge in [0.1, 0.15) is 5.82 Å². The highest BCUT2D eigenvalue weighted by atomic mass is 19.1. The molecule has 3 rings (SSSR count). The molecular formula is C15H10FN. The van der Waals surface area contributed by atoms with E-state index >= 15 is 0 Å². The molecular weight excluding hydrogens is 213 g/mol. The largest absolute Gasteiger partial charge is 0.264 e. The van der Waals surface area contributed by atoms with Crippen LogP contribution in [0.3, 0.4) is 0 Å². The summed E-state index contributed by atoms with van der Waals surface area (Å²) >= 11 is 0. The van der Waals surface area contributed by atoms with Gasteiger partial charge < -0.3 is 0 Å². The molecule has 0 N–H and O–H groups in total. The normalized spacial score (nSPS) is 10.6. The van der Waals surface area contributed by atoms with E-state index in [0.717, 1.165) is 16.5 Å². The van der Waals surface area contributed by atoms with Gasteiger partial charge in [0.15, 0.2) is 0 Å². The molecule has 0 amide bonds. The minimum Gasteiger partial charge on any atom is -0.264 e. The van der Waals surface area contributed by atoms with Crippen molar-refractivity contribution in [1.29, 1.82) is 0 Å². The molecule has 0 aliphatic carbocycles. The minimum absolute atomic E-state index is 0.187. The van der Waals surface area contributed by atoms with Crippen molar-refractivity contribution >= 4 is 10.8 Å². The molecule has 0 saturated carbocycles. The Labute approximate surface area is 98.6 Å². The molecule has 0 fully saturated rings. The first-order chi connectivity index (χ1) is 8.36. The zero-order chi connectivity index (χ0) is 11.7. The maximum atomic E-state index is 13.7. The molecule has 82 valence electrons. The lowest BCUT2D eigenvalue weighted by Crippen LogP contribution is -1.84. The highest BCUT2D eigenvalue weighted by Crippen LogP contribution is 2.29. The van der Waals surface area contributed by atoms with Crippen LogP contribution in [0, 0.1) is 5.82 Å². The fraction of sp³-hybridized carbons (Fsp3) is 0. The van der Waals surface area contributed by atoms with Crippen molar-refractivity contribution in [2.45, 2.75) is 0 Å². The van der Waals surface area contributed by atoms with Crippen LogP contribution in [0.4, 0.5) is 4.39 Å². The number of fused-ring (bicyclic) bond motifs is 1. The fourth-order valence-electron chi connectivity index (χ4n) is 2.05. The molecule has 1 aromatic heterocycles. The Morgan fingerprint density at radius 3 is 2.47 bits per heavy atom. The van der Waals surface area contributed by atoms with Gasteiger partial charge in [0, 0.05) is 23.3 Å². The molecule has 0 radical (unpaired) electrons. The van der Waals surface area contributed by atoms with Gasteiger partial charge in [0.05, 0.1) is 0 Å². The Morgan fingerprint density at radius 1 is 0.824 bits per heavy atom. The van der Waals surface area contributed by atoms with Crippen molar-refractivity contribution in [1.82, 2.24) is 4.98 Å². The van der Waals surface area contributed by atoms with Gasteiger partial charge in [-0.2, -0.15) is 0 Å². The van der Waals surface area contributed by atoms with Gasteiger partial charge in [0.25, 0.3) is 0 Å². The van der Waals surface area contributed by atoms with Crippen LogP contribution >= 0.6 is 0 Å². The van der Waals surface area contributed by atoms with Gasteiger partial charge in [-0.1, -0.05) is 36.4 Å². The third-order valence-electron chi connectivity index (χ3n) is 2.84. The van der Waals surface area contributed by atoms with E-state index in [1.807, 2.05) is 30.3 Å². The van der Waals surface area contributed by atoms with Crippen LogP contribution in [-0.4, -0.2) is 4.98 Å². The third-order valence-corrected chi connectivity index (χ3v) is 2.84. The van der Waals surface area contributed by atoms with E-state index in [4.69, 9.17) is 0 Å². The first-order valence-corrected chi connectivity index (χ1v) is 5.44. The summed E-state index contributed by atoms with van der Waals surface area (Å²) in [6, 6.07) is 14.7. The topological polar surface area (TPSA) is 12.9 Å². The molecule has 0 bridgehead atoms. The molecule has 3 aromatic rings. The lowest BCUT2D eigenvalue weighted by Gasteiger charge is -2.06. The summed E-state index contributed by atoms with van der Waals surface area (Å²) in [4.78, 5) is 4.10. The van der Waals surface area contributed by atoms with Crippen molar-refractivity contribution in [2.24, 2.45) is 0 Å². The first-order valence-electron chi connectivity index (χ1n) is 5.44. The second kappa shape index (κ2) is 3.98. The number of halogens is 1. The highest BCUT2D eigenvalue weighted by Gasteiger charge is 2.05. The summed E-state index contributed by atoms with van der Waals surface area (Å²) in [6.07, 6.45) is 3.52. The Kier molecular flexibility index (Phi) is 2.33. The Bertz CT molecular complexity index is 662. The molecule has 0 unspecified atom stereocenters. The summed E-state index contributed by atoms with van der Waals surface area (Å²) in [7, 11) is 0. The number of pyridine rings is 1. The number of rotatable bonds is 1. The van der Waals surface area contributed by atoms with Gasteiger partial charge in [-0.15, -0.1) is 0 Å². The van der Waals surface area contributed by atoms with Crippen LogP contribution in [0.5, 0.6) is 0 Å². The van der Waals surface area contributed by atoms with Gasteiger partial charge in [-0.25, -0.2) is 4.39 Å². The maximum Gasteiger partial charge on any atom is 0.131 e. The summed E-state index contributed by atoms with van der Waals surface area (Å²) in [5.74, 6) is -0.187. The number of hydrogen-bond donors (Lipinski definition) is 0. The van der Waals surface area contributed by atoms with E-state index in [1.165, 1.54) is 6.07 Å². The zero-order valence-corrected chi connectivity index (χ0v) is 9.10. The standard InChI is InChI=1S/C15H10FN/c16-15-8-2-6-13-12(5-1-7-14(13)15)11-4-3-9-17-10-11/h1-10H. The molecule has 2 aromatic carbocycles. The number of nitrogens with zero attached hydrogens (tertiary/aromatic N) is 1. The van der Waals surface area contributed by atoms with Crippen LogP contribution in [0.25, 0.3) is 21.9 Å². The van der Waals surface area contributed by atoms with E-state index in [2.05, 4.69) is 4.98 Å². The lowest BCUT2D eigenvalue weighted by atomic mass is 9.99. The number of benzene rings is 2. The van der Waals surface area contributed by atoms with Gasteiger partial charge in [0.2, 0.25) is 0 Å². The van der Waals surface area contributed by atoms with Crippen LogP contribution in [0.15, 0.2) is 60.9 Å². The van der Waals surface area contributed by atoms with Crippen molar-refractivity contribution in [2.75, 3.05) is 0 Å². The summed E-state index contributed by atoms with van der Waals surface area (Å²) < 4.78 is 13.7. The van der Waals surface area contributed by atoms with Crippen LogP contribution in [0.2, 0.25) is 0 Å². The second-order valence-electron chi connectivity index (χ2n) is 3.88. The molecule has 0 spiro atoms. The van der Waals surface area contributed by atoms with Crippen LogP contribution in [-0.2, 0) is 0 Å². The molecule has 1 nitrogen and oxygen atoms in total. The Hall–Kier alpha value is -2.22. The number of aromatic nitrogens is 1. The molecule has 2 heteroatoms. The van der Waals surface area contributed by atoms with E-state index < -0.39 is 0 Å². The lowest BCUT2D eigenvalue weighted by molar-refractivity contribution is 0.640.